The summed E-state index contributed by atoms with van der Waals surface area (Å²) < 4.78 is 4.96. The van der Waals surface area contributed by atoms with Crippen molar-refractivity contribution in [2.45, 2.75) is 39.2 Å². The minimum Gasteiger partial charge on any atom is -0.465 e. The zero-order chi connectivity index (χ0) is 18.7. The van der Waals surface area contributed by atoms with Gasteiger partial charge in [0, 0.05) is 4.88 Å². The van der Waals surface area contributed by atoms with Crippen molar-refractivity contribution in [2.24, 2.45) is 0 Å². The predicted octanol–water partition coefficient (Wildman–Crippen LogP) is 2.44. The molecule has 1 unspecified atom stereocenters. The average Bonchev–Trinajstić information content (AvgIpc) is 3.17. The summed E-state index contributed by atoms with van der Waals surface area (Å²) in [5.74, 6) is -0.421. The Hall–Kier alpha value is -1.70. The van der Waals surface area contributed by atoms with Gasteiger partial charge in [0.2, 0.25) is 0 Å². The Morgan fingerprint density at radius 2 is 2.08 bits per heavy atom. The molecule has 140 valence electrons. The first-order valence-corrected chi connectivity index (χ1v) is 10.6. The molecule has 2 aromatic heterocycles. The lowest BCUT2D eigenvalue weighted by Gasteiger charge is -2.14. The summed E-state index contributed by atoms with van der Waals surface area (Å²) in [6.07, 6.45) is 4.07. The van der Waals surface area contributed by atoms with Gasteiger partial charge in [0.05, 0.1) is 24.6 Å². The van der Waals surface area contributed by atoms with Crippen LogP contribution < -0.4 is 10.2 Å². The van der Waals surface area contributed by atoms with E-state index in [1.54, 1.807) is 11.3 Å². The Morgan fingerprint density at radius 3 is 2.77 bits per heavy atom. The van der Waals surface area contributed by atoms with Crippen LogP contribution >= 0.6 is 22.7 Å². The van der Waals surface area contributed by atoms with Crippen LogP contribution in [0.2, 0.25) is 0 Å². The fourth-order valence-corrected chi connectivity index (χ4v) is 5.65. The molecule has 0 aliphatic heterocycles. The Kier molecular flexibility index (Phi) is 6.11. The highest BCUT2D eigenvalue weighted by atomic mass is 32.1. The van der Waals surface area contributed by atoms with Gasteiger partial charge in [-0.25, -0.2) is 4.79 Å². The Balaban J connectivity index is 1.70. The van der Waals surface area contributed by atoms with E-state index in [2.05, 4.69) is 23.7 Å². The number of esters is 1. The number of likely N-dealkylation sites (N-methyl/N-ethyl adjacent to an activating group) is 1. The number of ether oxygens (including phenoxy) is 1. The molecule has 1 amide bonds. The number of carbonyl (C=O) groups is 2. The first-order valence-electron chi connectivity index (χ1n) is 8.86. The van der Waals surface area contributed by atoms with Crippen molar-refractivity contribution in [1.82, 2.24) is 0 Å². The molecule has 7 heteroatoms. The minimum absolute atomic E-state index is 0.0690. The normalized spacial score (nSPS) is 14.6. The van der Waals surface area contributed by atoms with Crippen molar-refractivity contribution in [3.8, 4) is 0 Å². The summed E-state index contributed by atoms with van der Waals surface area (Å²) in [5.41, 5.74) is 2.90. The van der Waals surface area contributed by atoms with Gasteiger partial charge in [-0.2, -0.15) is 0 Å². The molecular weight excluding hydrogens is 368 g/mol. The summed E-state index contributed by atoms with van der Waals surface area (Å²) in [6, 6.07) is 2.10. The molecule has 0 aromatic carbocycles. The largest absolute Gasteiger partial charge is 0.465 e. The number of nitrogens with one attached hydrogen (secondary N) is 2. The number of carbonyl (C=O) groups excluding carboxylic acids is 2. The van der Waals surface area contributed by atoms with Crippen molar-refractivity contribution in [3.63, 3.8) is 0 Å². The van der Waals surface area contributed by atoms with Crippen molar-refractivity contribution in [1.29, 1.82) is 0 Å². The van der Waals surface area contributed by atoms with Crippen molar-refractivity contribution in [2.75, 3.05) is 26.0 Å². The van der Waals surface area contributed by atoms with Crippen LogP contribution in [0.15, 0.2) is 11.4 Å². The quantitative estimate of drug-likeness (QED) is 0.741. The summed E-state index contributed by atoms with van der Waals surface area (Å²) in [7, 11) is 3.40. The summed E-state index contributed by atoms with van der Waals surface area (Å²) in [5, 5.41) is 5.70. The predicted molar refractivity (Wildman–Crippen MR) is 105 cm³/mol. The second-order valence-electron chi connectivity index (χ2n) is 6.79. The van der Waals surface area contributed by atoms with Crippen LogP contribution in [0, 0.1) is 6.92 Å². The molecule has 2 heterocycles. The smallest absolute Gasteiger partial charge is 0.341 e. The van der Waals surface area contributed by atoms with Crippen LogP contribution in [0.25, 0.3) is 0 Å². The minimum atomic E-state index is -0.352. The van der Waals surface area contributed by atoms with Crippen LogP contribution in [0.1, 0.15) is 44.1 Å². The van der Waals surface area contributed by atoms with E-state index in [1.807, 2.05) is 7.05 Å². The lowest BCUT2D eigenvalue weighted by atomic mass is 9.95. The third kappa shape index (κ3) is 4.16. The molecule has 0 spiro atoms. The van der Waals surface area contributed by atoms with Crippen molar-refractivity contribution < 1.29 is 19.2 Å². The fourth-order valence-electron chi connectivity index (χ4n) is 3.34. The monoisotopic (exact) mass is 393 g/mol. The molecule has 3 rings (SSSR count). The number of fused-ring (bicyclic) bond motifs is 1. The van der Waals surface area contributed by atoms with E-state index in [0.29, 0.717) is 17.1 Å². The van der Waals surface area contributed by atoms with E-state index in [4.69, 9.17) is 4.74 Å². The molecule has 0 saturated heterocycles. The molecule has 2 N–H and O–H groups in total. The number of hydrogen-bond donors (Lipinski definition) is 2. The van der Waals surface area contributed by atoms with Crippen LogP contribution in [-0.4, -0.2) is 32.6 Å². The molecule has 0 bridgehead atoms. The number of methoxy groups -OCH3 is 1. The van der Waals surface area contributed by atoms with E-state index in [9.17, 15) is 9.59 Å². The van der Waals surface area contributed by atoms with E-state index in [-0.39, 0.29) is 11.9 Å². The van der Waals surface area contributed by atoms with E-state index < -0.39 is 0 Å². The molecule has 0 radical (unpaired) electrons. The number of aryl methyl sites for hydroxylation is 2. The number of rotatable bonds is 6. The standard InChI is InChI=1S/C19H24N2O3S2/c1-12-8-9-25-15(12)10-21(2)11-16(22)20-18-17(19(23)24-3)13-6-4-5-7-14(13)26-18/h8-9H,4-7,10-11H2,1-3H3,(H,20,22)/p+1. The van der Waals surface area contributed by atoms with Gasteiger partial charge in [0.1, 0.15) is 11.5 Å². The molecule has 0 fully saturated rings. The number of quaternary nitrogens is 1. The van der Waals surface area contributed by atoms with Crippen LogP contribution in [0.3, 0.4) is 0 Å². The van der Waals surface area contributed by atoms with Crippen LogP contribution in [0.5, 0.6) is 0 Å². The topological polar surface area (TPSA) is 59.8 Å². The van der Waals surface area contributed by atoms with E-state index in [1.165, 1.54) is 33.8 Å². The molecule has 5 nitrogen and oxygen atoms in total. The Morgan fingerprint density at radius 1 is 1.31 bits per heavy atom. The lowest BCUT2D eigenvalue weighted by Crippen LogP contribution is -3.08. The molecule has 0 saturated carbocycles. The van der Waals surface area contributed by atoms with E-state index in [0.717, 1.165) is 42.7 Å². The first-order chi connectivity index (χ1) is 12.5. The van der Waals surface area contributed by atoms with Crippen LogP contribution in [0.4, 0.5) is 5.00 Å². The highest BCUT2D eigenvalue weighted by Gasteiger charge is 2.27. The molecule has 1 atom stereocenters. The third-order valence-corrected chi connectivity index (χ3v) is 6.94. The highest BCUT2D eigenvalue weighted by molar-refractivity contribution is 7.17. The zero-order valence-corrected chi connectivity index (χ0v) is 17.1. The first kappa shape index (κ1) is 19.1. The van der Waals surface area contributed by atoms with Crippen molar-refractivity contribution in [3.05, 3.63) is 37.9 Å². The Labute approximate surface area is 162 Å². The maximum atomic E-state index is 12.5. The Bertz CT molecular complexity index is 810. The number of thiophene rings is 2. The summed E-state index contributed by atoms with van der Waals surface area (Å²) in [6.45, 7) is 3.28. The molecule has 1 aliphatic carbocycles. The molecule has 26 heavy (non-hydrogen) atoms. The highest BCUT2D eigenvalue weighted by Crippen LogP contribution is 2.38. The molecule has 2 aromatic rings. The maximum Gasteiger partial charge on any atom is 0.341 e. The van der Waals surface area contributed by atoms with Gasteiger partial charge in [-0.15, -0.1) is 22.7 Å². The van der Waals surface area contributed by atoms with Gasteiger partial charge in [-0.05, 0) is 55.2 Å². The zero-order valence-electron chi connectivity index (χ0n) is 15.4. The van der Waals surface area contributed by atoms with E-state index >= 15 is 0 Å². The number of anilines is 1. The van der Waals surface area contributed by atoms with Gasteiger partial charge < -0.3 is 15.0 Å². The SMILES string of the molecule is COC(=O)c1c(NC(=O)C[NH+](C)Cc2sccc2C)sc2c1CCCC2. The lowest BCUT2D eigenvalue weighted by molar-refractivity contribution is -0.884. The maximum absolute atomic E-state index is 12.5. The average molecular weight is 394 g/mol. The van der Waals surface area contributed by atoms with Gasteiger partial charge in [0.25, 0.3) is 5.91 Å². The second kappa shape index (κ2) is 8.33. The van der Waals surface area contributed by atoms with Crippen molar-refractivity contribution >= 4 is 39.6 Å². The van der Waals surface area contributed by atoms with Gasteiger partial charge in [-0.3, -0.25) is 4.79 Å². The summed E-state index contributed by atoms with van der Waals surface area (Å²) in [4.78, 5) is 28.4. The number of amides is 1. The fraction of sp³-hybridized carbons (Fsp3) is 0.474. The summed E-state index contributed by atoms with van der Waals surface area (Å²) >= 11 is 3.25. The van der Waals surface area contributed by atoms with Crippen LogP contribution in [-0.2, 0) is 28.9 Å². The second-order valence-corrected chi connectivity index (χ2v) is 8.90. The van der Waals surface area contributed by atoms with Gasteiger partial charge >= 0.3 is 5.97 Å². The number of hydrogen-bond acceptors (Lipinski definition) is 5. The third-order valence-electron chi connectivity index (χ3n) is 4.71. The van der Waals surface area contributed by atoms with Gasteiger partial charge in [-0.1, -0.05) is 0 Å². The van der Waals surface area contributed by atoms with Gasteiger partial charge in [0.15, 0.2) is 6.54 Å². The molecular formula is C19H25N2O3S2+. The molecule has 1 aliphatic rings.